The molecule has 0 spiro atoms. The zero-order valence-corrected chi connectivity index (χ0v) is 22.7. The van der Waals surface area contributed by atoms with Crippen molar-refractivity contribution in [1.82, 2.24) is 14.3 Å². The number of thioether (sulfide) groups is 1. The van der Waals surface area contributed by atoms with Crippen LogP contribution in [0.15, 0.2) is 92.5 Å². The van der Waals surface area contributed by atoms with Crippen molar-refractivity contribution in [3.8, 4) is 5.75 Å². The van der Waals surface area contributed by atoms with Crippen LogP contribution in [0.1, 0.15) is 16.7 Å². The van der Waals surface area contributed by atoms with Gasteiger partial charge in [-0.15, -0.1) is 0 Å². The van der Waals surface area contributed by atoms with E-state index in [1.54, 1.807) is 24.3 Å². The Morgan fingerprint density at radius 2 is 1.81 bits per heavy atom. The van der Waals surface area contributed by atoms with Crippen LogP contribution in [0, 0.1) is 6.92 Å². The molecule has 186 valence electrons. The Labute approximate surface area is 228 Å². The van der Waals surface area contributed by atoms with E-state index in [0.717, 1.165) is 21.8 Å². The van der Waals surface area contributed by atoms with E-state index in [2.05, 4.69) is 0 Å². The third-order valence-electron chi connectivity index (χ3n) is 5.94. The van der Waals surface area contributed by atoms with Crippen molar-refractivity contribution in [2.45, 2.75) is 23.3 Å². The van der Waals surface area contributed by atoms with Crippen molar-refractivity contribution in [1.29, 1.82) is 0 Å². The van der Waals surface area contributed by atoms with Crippen molar-refractivity contribution in [3.05, 3.63) is 105 Å². The van der Waals surface area contributed by atoms with Gasteiger partial charge in [-0.2, -0.15) is 0 Å². The highest BCUT2D eigenvalue weighted by Gasteiger charge is 2.32. The summed E-state index contributed by atoms with van der Waals surface area (Å²) in [6, 6.07) is 21.2. The molecule has 0 aliphatic carbocycles. The number of hydrogen-bond acceptors (Lipinski definition) is 7. The molecule has 1 saturated heterocycles. The number of pyridine rings is 1. The number of nitrogens with zero attached hydrogens (tertiary/aromatic N) is 3. The van der Waals surface area contributed by atoms with Crippen LogP contribution < -0.4 is 10.3 Å². The highest BCUT2D eigenvalue weighted by Crippen LogP contribution is 2.35. The number of fused-ring (bicyclic) bond motifs is 1. The van der Waals surface area contributed by atoms with Crippen molar-refractivity contribution in [2.24, 2.45) is 0 Å². The summed E-state index contributed by atoms with van der Waals surface area (Å²) < 4.78 is 7.22. The van der Waals surface area contributed by atoms with Gasteiger partial charge in [0.25, 0.3) is 11.5 Å². The van der Waals surface area contributed by atoms with E-state index < -0.39 is 0 Å². The molecule has 9 heteroatoms. The minimum Gasteiger partial charge on any atom is -0.497 e. The molecule has 1 aliphatic rings. The van der Waals surface area contributed by atoms with Crippen LogP contribution in [0.2, 0.25) is 0 Å². The molecule has 2 aromatic heterocycles. The number of aryl methyl sites for hydroxylation is 1. The molecular weight excluding hydrogens is 523 g/mol. The molecule has 0 bridgehead atoms. The number of benzene rings is 2. The number of thiocarbonyl (C=S) groups is 1. The third kappa shape index (κ3) is 5.34. The maximum absolute atomic E-state index is 13.6. The molecule has 6 nitrogen and oxygen atoms in total. The van der Waals surface area contributed by atoms with Gasteiger partial charge in [0.1, 0.15) is 20.7 Å². The van der Waals surface area contributed by atoms with Crippen LogP contribution in [0.5, 0.6) is 5.75 Å². The highest BCUT2D eigenvalue weighted by molar-refractivity contribution is 8.26. The van der Waals surface area contributed by atoms with Crippen molar-refractivity contribution >= 4 is 57.7 Å². The second kappa shape index (κ2) is 10.9. The Bertz CT molecular complexity index is 1580. The number of hydrogen-bond donors (Lipinski definition) is 0. The quantitative estimate of drug-likeness (QED) is 0.170. The minimum atomic E-state index is -0.226. The summed E-state index contributed by atoms with van der Waals surface area (Å²) in [4.78, 5) is 34.7. The van der Waals surface area contributed by atoms with Gasteiger partial charge in [-0.3, -0.25) is 18.9 Å². The molecule has 5 rings (SSSR count). The fraction of sp³-hybridized carbons (Fsp3) is 0.143. The summed E-state index contributed by atoms with van der Waals surface area (Å²) in [6.07, 6.45) is 3.99. The fourth-order valence-electron chi connectivity index (χ4n) is 3.95. The lowest BCUT2D eigenvalue weighted by Gasteiger charge is -2.14. The molecule has 0 saturated carbocycles. The van der Waals surface area contributed by atoms with E-state index in [9.17, 15) is 9.59 Å². The van der Waals surface area contributed by atoms with Gasteiger partial charge in [0, 0.05) is 17.6 Å². The predicted octanol–water partition coefficient (Wildman–Crippen LogP) is 5.61. The molecule has 4 aromatic rings. The fourth-order valence-corrected chi connectivity index (χ4v) is 6.15. The molecule has 0 atom stereocenters. The van der Waals surface area contributed by atoms with Crippen LogP contribution >= 0.6 is 35.7 Å². The third-order valence-corrected chi connectivity index (χ3v) is 8.33. The Hall–Kier alpha value is -3.40. The lowest BCUT2D eigenvalue weighted by molar-refractivity contribution is -0.122. The summed E-state index contributed by atoms with van der Waals surface area (Å²) in [7, 11) is 1.63. The van der Waals surface area contributed by atoms with E-state index in [1.807, 2.05) is 73.7 Å². The number of rotatable bonds is 7. The van der Waals surface area contributed by atoms with Crippen molar-refractivity contribution < 1.29 is 9.53 Å². The van der Waals surface area contributed by atoms with Crippen LogP contribution in [-0.4, -0.2) is 38.2 Å². The Balaban J connectivity index is 1.48. The lowest BCUT2D eigenvalue weighted by atomic mass is 10.1. The number of amides is 1. The second-order valence-corrected chi connectivity index (χ2v) is 11.1. The van der Waals surface area contributed by atoms with Gasteiger partial charge in [-0.25, -0.2) is 4.98 Å². The molecule has 1 fully saturated rings. The number of carbonyl (C=O) groups excluding carboxylic acids is 1. The van der Waals surface area contributed by atoms with Crippen molar-refractivity contribution in [3.63, 3.8) is 0 Å². The Morgan fingerprint density at radius 1 is 1.05 bits per heavy atom. The molecule has 1 amide bonds. The van der Waals surface area contributed by atoms with E-state index in [4.69, 9.17) is 21.9 Å². The molecule has 1 aliphatic heterocycles. The zero-order valence-electron chi connectivity index (χ0n) is 20.2. The molecule has 3 heterocycles. The summed E-state index contributed by atoms with van der Waals surface area (Å²) in [5.41, 5.74) is 2.71. The number of ether oxygens (including phenoxy) is 1. The highest BCUT2D eigenvalue weighted by atomic mass is 32.2. The Morgan fingerprint density at radius 3 is 2.54 bits per heavy atom. The predicted molar refractivity (Wildman–Crippen MR) is 153 cm³/mol. The second-order valence-electron chi connectivity index (χ2n) is 8.37. The number of aromatic nitrogens is 2. The summed E-state index contributed by atoms with van der Waals surface area (Å²) >= 11 is 8.15. The summed E-state index contributed by atoms with van der Waals surface area (Å²) in [5.74, 6) is 0.583. The van der Waals surface area contributed by atoms with Crippen molar-refractivity contribution in [2.75, 3.05) is 13.7 Å². The van der Waals surface area contributed by atoms with Gasteiger partial charge < -0.3 is 4.74 Å². The number of carbonyl (C=O) groups is 1. The normalized spacial score (nSPS) is 14.6. The van der Waals surface area contributed by atoms with Gasteiger partial charge in [0.15, 0.2) is 0 Å². The summed E-state index contributed by atoms with van der Waals surface area (Å²) in [5, 5.41) is 0.550. The lowest BCUT2D eigenvalue weighted by Crippen LogP contribution is -2.30. The first-order valence-electron chi connectivity index (χ1n) is 11.6. The van der Waals surface area contributed by atoms with Crippen LogP contribution in [0.4, 0.5) is 0 Å². The largest absolute Gasteiger partial charge is 0.497 e. The monoisotopic (exact) mass is 545 g/mol. The molecular formula is C28H23N3O3S3. The van der Waals surface area contributed by atoms with Gasteiger partial charge >= 0.3 is 0 Å². The SMILES string of the molecule is COc1ccc(CCN2C(=O)C(=Cc3c(Sc4ccccc4)nc4c(C)cccn4c3=O)SC2=S)cc1. The Kier molecular flexibility index (Phi) is 7.45. The van der Waals surface area contributed by atoms with Gasteiger partial charge in [-0.1, -0.05) is 72.1 Å². The first-order valence-corrected chi connectivity index (χ1v) is 13.6. The van der Waals surface area contributed by atoms with Crippen LogP contribution in [0.3, 0.4) is 0 Å². The van der Waals surface area contributed by atoms with Gasteiger partial charge in [0.2, 0.25) is 0 Å². The average molecular weight is 546 g/mol. The maximum Gasteiger partial charge on any atom is 0.266 e. The maximum atomic E-state index is 13.6. The average Bonchev–Trinajstić information content (AvgIpc) is 3.18. The smallest absolute Gasteiger partial charge is 0.266 e. The molecule has 0 N–H and O–H groups in total. The molecule has 37 heavy (non-hydrogen) atoms. The first kappa shape index (κ1) is 25.3. The van der Waals surface area contributed by atoms with E-state index in [-0.39, 0.29) is 11.5 Å². The standard InChI is InChI=1S/C28H23N3O3S3/c1-18-7-6-15-30-24(18)29-25(36-21-8-4-3-5-9-21)22(26(30)32)17-23-27(33)31(28(35)37-23)16-14-19-10-12-20(34-2)13-11-19/h3-13,15,17H,14,16H2,1-2H3. The van der Waals surface area contributed by atoms with E-state index in [1.165, 1.54) is 27.9 Å². The first-order chi connectivity index (χ1) is 17.9. The van der Waals surface area contributed by atoms with E-state index >= 15 is 0 Å². The minimum absolute atomic E-state index is 0.201. The van der Waals surface area contributed by atoms with Gasteiger partial charge in [-0.05, 0) is 60.9 Å². The molecule has 0 radical (unpaired) electrons. The summed E-state index contributed by atoms with van der Waals surface area (Å²) in [6.45, 7) is 2.38. The van der Waals surface area contributed by atoms with Crippen LogP contribution in [-0.2, 0) is 11.2 Å². The van der Waals surface area contributed by atoms with Crippen LogP contribution in [0.25, 0.3) is 11.7 Å². The zero-order chi connectivity index (χ0) is 25.9. The topological polar surface area (TPSA) is 63.9 Å². The molecule has 2 aromatic carbocycles. The van der Waals surface area contributed by atoms with E-state index in [0.29, 0.717) is 38.4 Å². The van der Waals surface area contributed by atoms with Gasteiger partial charge in [0.05, 0.1) is 17.6 Å². The molecule has 0 unspecified atom stereocenters. The number of methoxy groups -OCH3 is 1.